The summed E-state index contributed by atoms with van der Waals surface area (Å²) < 4.78 is 5.33. The lowest BCUT2D eigenvalue weighted by Crippen LogP contribution is -2.19. The average Bonchev–Trinajstić information content (AvgIpc) is 2.21. The van der Waals surface area contributed by atoms with Crippen molar-refractivity contribution in [3.63, 3.8) is 0 Å². The number of benzene rings is 1. The Kier molecular flexibility index (Phi) is 5.01. The lowest BCUT2D eigenvalue weighted by atomic mass is 9.92. The van der Waals surface area contributed by atoms with E-state index in [9.17, 15) is 0 Å². The maximum absolute atomic E-state index is 5.84. The molecule has 2 unspecified atom stereocenters. The van der Waals surface area contributed by atoms with Gasteiger partial charge in [-0.1, -0.05) is 13.0 Å². The molecule has 0 heterocycles. The average molecular weight is 235 g/mol. The first-order chi connectivity index (χ1) is 7.93. The minimum absolute atomic E-state index is 0.282. The van der Waals surface area contributed by atoms with Crippen molar-refractivity contribution in [3.05, 3.63) is 28.8 Å². The molecule has 2 nitrogen and oxygen atoms in total. The third-order valence-electron chi connectivity index (χ3n) is 3.20. The number of hydrogen-bond acceptors (Lipinski definition) is 2. The molecular formula is C15H25NO. The monoisotopic (exact) mass is 235 g/mol. The van der Waals surface area contributed by atoms with Crippen molar-refractivity contribution in [1.29, 1.82) is 0 Å². The molecule has 0 aromatic heterocycles. The predicted octanol–water partition coefficient (Wildman–Crippen LogP) is 3.23. The van der Waals surface area contributed by atoms with Gasteiger partial charge < -0.3 is 10.5 Å². The van der Waals surface area contributed by atoms with Crippen molar-refractivity contribution in [1.82, 2.24) is 0 Å². The number of hydrogen-bond donors (Lipinski definition) is 1. The van der Waals surface area contributed by atoms with Crippen LogP contribution in [0.4, 0.5) is 0 Å². The second-order valence-corrected chi connectivity index (χ2v) is 5.27. The van der Waals surface area contributed by atoms with Crippen LogP contribution in [0.3, 0.4) is 0 Å². The molecule has 0 radical (unpaired) electrons. The first kappa shape index (κ1) is 14.0. The van der Waals surface area contributed by atoms with Crippen molar-refractivity contribution in [2.24, 2.45) is 11.7 Å². The fourth-order valence-corrected chi connectivity index (χ4v) is 2.38. The van der Waals surface area contributed by atoms with Crippen LogP contribution < -0.4 is 10.5 Å². The normalized spacial score (nSPS) is 14.5. The van der Waals surface area contributed by atoms with E-state index in [0.717, 1.165) is 18.6 Å². The second-order valence-electron chi connectivity index (χ2n) is 5.27. The van der Waals surface area contributed by atoms with E-state index >= 15 is 0 Å². The SMILES string of the molecule is COc1cc(C)c(CC(C)CC(C)N)cc1C. The molecule has 0 saturated heterocycles. The highest BCUT2D eigenvalue weighted by molar-refractivity contribution is 5.41. The Labute approximate surface area is 105 Å². The van der Waals surface area contributed by atoms with Crippen molar-refractivity contribution < 1.29 is 4.74 Å². The van der Waals surface area contributed by atoms with Gasteiger partial charge >= 0.3 is 0 Å². The lowest BCUT2D eigenvalue weighted by Gasteiger charge is -2.17. The number of nitrogens with two attached hydrogens (primary N) is 1. The van der Waals surface area contributed by atoms with E-state index < -0.39 is 0 Å². The van der Waals surface area contributed by atoms with Crippen LogP contribution in [-0.2, 0) is 6.42 Å². The summed E-state index contributed by atoms with van der Waals surface area (Å²) in [5.41, 5.74) is 9.77. The van der Waals surface area contributed by atoms with Gasteiger partial charge in [-0.15, -0.1) is 0 Å². The zero-order chi connectivity index (χ0) is 13.0. The molecule has 0 saturated carbocycles. The van der Waals surface area contributed by atoms with Crippen LogP contribution in [0.15, 0.2) is 12.1 Å². The van der Waals surface area contributed by atoms with E-state index in [2.05, 4.69) is 39.8 Å². The van der Waals surface area contributed by atoms with Gasteiger partial charge in [0, 0.05) is 6.04 Å². The molecular weight excluding hydrogens is 210 g/mol. The zero-order valence-electron chi connectivity index (χ0n) is 11.7. The number of aryl methyl sites for hydroxylation is 2. The highest BCUT2D eigenvalue weighted by Gasteiger charge is 2.10. The molecule has 17 heavy (non-hydrogen) atoms. The maximum Gasteiger partial charge on any atom is 0.122 e. The molecule has 2 heteroatoms. The summed E-state index contributed by atoms with van der Waals surface area (Å²) in [5, 5.41) is 0. The minimum atomic E-state index is 0.282. The summed E-state index contributed by atoms with van der Waals surface area (Å²) in [6, 6.07) is 4.65. The Morgan fingerprint density at radius 1 is 1.18 bits per heavy atom. The fraction of sp³-hybridized carbons (Fsp3) is 0.600. The lowest BCUT2D eigenvalue weighted by molar-refractivity contribution is 0.410. The zero-order valence-corrected chi connectivity index (χ0v) is 11.7. The molecule has 1 rings (SSSR count). The second kappa shape index (κ2) is 6.06. The molecule has 0 aliphatic heterocycles. The van der Waals surface area contributed by atoms with Gasteiger partial charge in [0.05, 0.1) is 7.11 Å². The molecule has 0 bridgehead atoms. The molecule has 0 spiro atoms. The van der Waals surface area contributed by atoms with Crippen LogP contribution in [0.5, 0.6) is 5.75 Å². The summed E-state index contributed by atoms with van der Waals surface area (Å²) in [6.07, 6.45) is 2.17. The predicted molar refractivity (Wildman–Crippen MR) is 73.6 cm³/mol. The molecule has 96 valence electrons. The fourth-order valence-electron chi connectivity index (χ4n) is 2.38. The summed E-state index contributed by atoms with van der Waals surface area (Å²) in [6.45, 7) is 8.58. The van der Waals surface area contributed by atoms with Crippen molar-refractivity contribution in [2.45, 2.75) is 46.6 Å². The van der Waals surface area contributed by atoms with Crippen molar-refractivity contribution >= 4 is 0 Å². The van der Waals surface area contributed by atoms with Gasteiger partial charge in [0.1, 0.15) is 5.75 Å². The Balaban J connectivity index is 2.81. The van der Waals surface area contributed by atoms with E-state index in [0.29, 0.717) is 5.92 Å². The largest absolute Gasteiger partial charge is 0.496 e. The van der Waals surface area contributed by atoms with E-state index in [1.54, 1.807) is 7.11 Å². The molecule has 2 N–H and O–H groups in total. The molecule has 0 amide bonds. The molecule has 2 atom stereocenters. The highest BCUT2D eigenvalue weighted by atomic mass is 16.5. The maximum atomic E-state index is 5.84. The molecule has 0 aliphatic rings. The smallest absolute Gasteiger partial charge is 0.122 e. The van der Waals surface area contributed by atoms with Gasteiger partial charge in [0.15, 0.2) is 0 Å². The molecule has 1 aromatic rings. The van der Waals surface area contributed by atoms with E-state index in [4.69, 9.17) is 10.5 Å². The standard InChI is InChI=1S/C15H25NO/c1-10(6-13(4)16)7-14-8-12(3)15(17-5)9-11(14)2/h8-10,13H,6-7,16H2,1-5H3. The van der Waals surface area contributed by atoms with E-state index in [-0.39, 0.29) is 6.04 Å². The summed E-state index contributed by atoms with van der Waals surface area (Å²) in [7, 11) is 1.72. The van der Waals surface area contributed by atoms with Crippen LogP contribution in [0.2, 0.25) is 0 Å². The van der Waals surface area contributed by atoms with Gasteiger partial charge in [0.2, 0.25) is 0 Å². The van der Waals surface area contributed by atoms with Crippen LogP contribution >= 0.6 is 0 Å². The number of ether oxygens (including phenoxy) is 1. The van der Waals surface area contributed by atoms with Crippen molar-refractivity contribution in [2.75, 3.05) is 7.11 Å². The third kappa shape index (κ3) is 4.04. The molecule has 0 aliphatic carbocycles. The van der Waals surface area contributed by atoms with E-state index in [1.807, 2.05) is 0 Å². The quantitative estimate of drug-likeness (QED) is 0.850. The number of methoxy groups -OCH3 is 1. The first-order valence-corrected chi connectivity index (χ1v) is 6.33. The summed E-state index contributed by atoms with van der Waals surface area (Å²) in [5.74, 6) is 1.60. The third-order valence-corrected chi connectivity index (χ3v) is 3.20. The first-order valence-electron chi connectivity index (χ1n) is 6.33. The van der Waals surface area contributed by atoms with Crippen LogP contribution in [0.25, 0.3) is 0 Å². The Morgan fingerprint density at radius 2 is 1.82 bits per heavy atom. The van der Waals surface area contributed by atoms with Gasteiger partial charge in [-0.2, -0.15) is 0 Å². The van der Waals surface area contributed by atoms with Crippen LogP contribution in [0, 0.1) is 19.8 Å². The molecule has 0 fully saturated rings. The van der Waals surface area contributed by atoms with Gasteiger partial charge in [-0.3, -0.25) is 0 Å². The van der Waals surface area contributed by atoms with Crippen molar-refractivity contribution in [3.8, 4) is 5.75 Å². The minimum Gasteiger partial charge on any atom is -0.496 e. The summed E-state index contributed by atoms with van der Waals surface area (Å²) >= 11 is 0. The molecule has 1 aromatic carbocycles. The Bertz CT molecular complexity index is 371. The topological polar surface area (TPSA) is 35.2 Å². The summed E-state index contributed by atoms with van der Waals surface area (Å²) in [4.78, 5) is 0. The highest BCUT2D eigenvalue weighted by Crippen LogP contribution is 2.25. The Morgan fingerprint density at radius 3 is 2.35 bits per heavy atom. The van der Waals surface area contributed by atoms with E-state index in [1.165, 1.54) is 16.7 Å². The van der Waals surface area contributed by atoms with Gasteiger partial charge in [-0.25, -0.2) is 0 Å². The van der Waals surface area contributed by atoms with Gasteiger partial charge in [0.25, 0.3) is 0 Å². The van der Waals surface area contributed by atoms with Crippen LogP contribution in [-0.4, -0.2) is 13.2 Å². The number of rotatable bonds is 5. The van der Waals surface area contributed by atoms with Gasteiger partial charge in [-0.05, 0) is 62.3 Å². The van der Waals surface area contributed by atoms with Crippen LogP contribution in [0.1, 0.15) is 37.0 Å². The Hall–Kier alpha value is -1.02.